The predicted octanol–water partition coefficient (Wildman–Crippen LogP) is 4.57. The van der Waals surface area contributed by atoms with E-state index in [9.17, 15) is 0 Å². The minimum Gasteiger partial charge on any atom is -0.314 e. The zero-order chi connectivity index (χ0) is 13.7. The topological polar surface area (TPSA) is 15.3 Å². The summed E-state index contributed by atoms with van der Waals surface area (Å²) < 4.78 is 0. The fourth-order valence-corrected chi connectivity index (χ4v) is 2.96. The maximum atomic E-state index is 6.16. The largest absolute Gasteiger partial charge is 0.314 e. The highest BCUT2D eigenvalue weighted by Crippen LogP contribution is 2.29. The fraction of sp³-hybridized carbons (Fsp3) is 0.625. The molecule has 0 saturated carbocycles. The molecule has 1 fully saturated rings. The molecule has 1 aliphatic heterocycles. The number of hydrogen-bond donors (Lipinski definition) is 1. The van der Waals surface area contributed by atoms with Crippen molar-refractivity contribution in [3.05, 3.63) is 34.9 Å². The van der Waals surface area contributed by atoms with Gasteiger partial charge in [-0.1, -0.05) is 37.6 Å². The summed E-state index contributed by atoms with van der Waals surface area (Å²) in [5, 5.41) is 4.28. The first kappa shape index (κ1) is 21.0. The van der Waals surface area contributed by atoms with Crippen molar-refractivity contribution in [1.82, 2.24) is 10.2 Å². The lowest BCUT2D eigenvalue weighted by molar-refractivity contribution is 0.160. The van der Waals surface area contributed by atoms with Crippen molar-refractivity contribution < 1.29 is 0 Å². The Bertz CT molecular complexity index is 393. The smallest absolute Gasteiger partial charge is 0.0409 e. The van der Waals surface area contributed by atoms with Crippen LogP contribution in [0.2, 0.25) is 5.02 Å². The summed E-state index contributed by atoms with van der Waals surface area (Å²) in [5.41, 5.74) is 1.37. The Morgan fingerprint density at radius 2 is 1.81 bits per heavy atom. The highest BCUT2D eigenvalue weighted by atomic mass is 35.5. The first-order valence-corrected chi connectivity index (χ1v) is 7.75. The maximum Gasteiger partial charge on any atom is 0.0409 e. The van der Waals surface area contributed by atoms with Gasteiger partial charge in [0.2, 0.25) is 0 Å². The van der Waals surface area contributed by atoms with Crippen LogP contribution >= 0.6 is 36.4 Å². The maximum absolute atomic E-state index is 6.16. The first-order valence-electron chi connectivity index (χ1n) is 7.37. The molecule has 0 bridgehead atoms. The van der Waals surface area contributed by atoms with E-state index in [0.717, 1.165) is 37.1 Å². The number of hydrogen-bond acceptors (Lipinski definition) is 2. The molecule has 0 spiro atoms. The van der Waals surface area contributed by atoms with Crippen LogP contribution < -0.4 is 5.32 Å². The Kier molecular flexibility index (Phi) is 10.7. The Hall–Kier alpha value is 0.01000. The zero-order valence-electron chi connectivity index (χ0n) is 12.8. The molecular weight excluding hydrogens is 327 g/mol. The van der Waals surface area contributed by atoms with Crippen LogP contribution in [0.15, 0.2) is 24.3 Å². The summed E-state index contributed by atoms with van der Waals surface area (Å²) in [7, 11) is 0. The van der Waals surface area contributed by atoms with Crippen molar-refractivity contribution in [3.8, 4) is 0 Å². The lowest BCUT2D eigenvalue weighted by Gasteiger charge is -2.35. The molecule has 2 rings (SSSR count). The van der Waals surface area contributed by atoms with Gasteiger partial charge in [-0.3, -0.25) is 4.90 Å². The Morgan fingerprint density at radius 3 is 2.38 bits per heavy atom. The van der Waals surface area contributed by atoms with E-state index in [-0.39, 0.29) is 24.8 Å². The van der Waals surface area contributed by atoms with Crippen LogP contribution in [0.3, 0.4) is 0 Å². The molecule has 0 aliphatic carbocycles. The number of nitrogens with one attached hydrogen (secondary N) is 1. The van der Waals surface area contributed by atoms with Crippen molar-refractivity contribution in [2.24, 2.45) is 5.92 Å². The SMILES string of the molecule is CC(C)CC[C@@H](c1cccc(Cl)c1)N1CCNCC1.Cl.Cl. The van der Waals surface area contributed by atoms with Gasteiger partial charge < -0.3 is 5.32 Å². The predicted molar refractivity (Wildman–Crippen MR) is 97.2 cm³/mol. The molecule has 0 amide bonds. The number of halogens is 3. The summed E-state index contributed by atoms with van der Waals surface area (Å²) >= 11 is 6.16. The van der Waals surface area contributed by atoms with Crippen LogP contribution in [0.25, 0.3) is 0 Å². The average molecular weight is 354 g/mol. The third-order valence-electron chi connectivity index (χ3n) is 3.84. The summed E-state index contributed by atoms with van der Waals surface area (Å²) in [4.78, 5) is 2.60. The number of nitrogens with zero attached hydrogens (tertiary/aromatic N) is 1. The standard InChI is InChI=1S/C16H25ClN2.2ClH/c1-13(2)6-7-16(19-10-8-18-9-11-19)14-4-3-5-15(17)12-14;;/h3-5,12-13,16,18H,6-11H2,1-2H3;2*1H/t16-;;/m0../s1. The zero-order valence-corrected chi connectivity index (χ0v) is 15.2. The molecule has 2 nitrogen and oxygen atoms in total. The molecule has 5 heteroatoms. The van der Waals surface area contributed by atoms with E-state index >= 15 is 0 Å². The number of piperazine rings is 1. The molecule has 21 heavy (non-hydrogen) atoms. The first-order chi connectivity index (χ1) is 9.16. The molecule has 1 aromatic carbocycles. The van der Waals surface area contributed by atoms with Crippen LogP contribution in [0, 0.1) is 5.92 Å². The third kappa shape index (κ3) is 6.75. The van der Waals surface area contributed by atoms with E-state index in [1.807, 2.05) is 6.07 Å². The molecule has 1 N–H and O–H groups in total. The molecule has 0 unspecified atom stereocenters. The highest BCUT2D eigenvalue weighted by molar-refractivity contribution is 6.30. The second-order valence-corrected chi connectivity index (χ2v) is 6.26. The van der Waals surface area contributed by atoms with E-state index in [0.29, 0.717) is 6.04 Å². The van der Waals surface area contributed by atoms with Crippen molar-refractivity contribution >= 4 is 36.4 Å². The van der Waals surface area contributed by atoms with E-state index in [1.165, 1.54) is 18.4 Å². The van der Waals surface area contributed by atoms with E-state index < -0.39 is 0 Å². The molecular formula is C16H27Cl3N2. The van der Waals surface area contributed by atoms with Gasteiger partial charge in [-0.05, 0) is 36.5 Å². The van der Waals surface area contributed by atoms with Gasteiger partial charge in [0, 0.05) is 37.2 Å². The third-order valence-corrected chi connectivity index (χ3v) is 4.08. The van der Waals surface area contributed by atoms with E-state index in [2.05, 4.69) is 42.3 Å². The minimum atomic E-state index is 0. The van der Waals surface area contributed by atoms with Gasteiger partial charge in [-0.25, -0.2) is 0 Å². The summed E-state index contributed by atoms with van der Waals surface area (Å²) in [6.45, 7) is 9.06. The van der Waals surface area contributed by atoms with Gasteiger partial charge >= 0.3 is 0 Å². The number of benzene rings is 1. The van der Waals surface area contributed by atoms with Gasteiger partial charge in [0.05, 0.1) is 0 Å². The molecule has 122 valence electrons. The molecule has 1 atom stereocenters. The van der Waals surface area contributed by atoms with E-state index in [1.54, 1.807) is 0 Å². The normalized spacial score (nSPS) is 17.0. The molecule has 1 saturated heterocycles. The highest BCUT2D eigenvalue weighted by Gasteiger charge is 2.22. The lowest BCUT2D eigenvalue weighted by atomic mass is 9.96. The van der Waals surface area contributed by atoms with Crippen LogP contribution in [0.4, 0.5) is 0 Å². The fourth-order valence-electron chi connectivity index (χ4n) is 2.76. The van der Waals surface area contributed by atoms with Crippen LogP contribution in [-0.4, -0.2) is 31.1 Å². The van der Waals surface area contributed by atoms with Crippen molar-refractivity contribution in [2.75, 3.05) is 26.2 Å². The van der Waals surface area contributed by atoms with Crippen LogP contribution in [0.1, 0.15) is 38.3 Å². The number of rotatable bonds is 5. The summed E-state index contributed by atoms with van der Waals surface area (Å²) in [5.74, 6) is 0.754. The summed E-state index contributed by atoms with van der Waals surface area (Å²) in [6, 6.07) is 8.90. The minimum absolute atomic E-state index is 0. The summed E-state index contributed by atoms with van der Waals surface area (Å²) in [6.07, 6.45) is 2.49. The average Bonchev–Trinajstić information content (AvgIpc) is 2.40. The second kappa shape index (κ2) is 10.7. The molecule has 1 heterocycles. The lowest BCUT2D eigenvalue weighted by Crippen LogP contribution is -2.45. The van der Waals surface area contributed by atoms with Gasteiger partial charge in [0.1, 0.15) is 0 Å². The molecule has 0 radical (unpaired) electrons. The molecule has 0 aromatic heterocycles. The van der Waals surface area contributed by atoms with Gasteiger partial charge in [-0.15, -0.1) is 24.8 Å². The van der Waals surface area contributed by atoms with Gasteiger partial charge in [-0.2, -0.15) is 0 Å². The Balaban J connectivity index is 0.00000200. The molecule has 1 aliphatic rings. The van der Waals surface area contributed by atoms with Crippen molar-refractivity contribution in [2.45, 2.75) is 32.7 Å². The Morgan fingerprint density at radius 1 is 1.14 bits per heavy atom. The Labute approximate surface area is 146 Å². The van der Waals surface area contributed by atoms with Crippen molar-refractivity contribution in [3.63, 3.8) is 0 Å². The van der Waals surface area contributed by atoms with Crippen LogP contribution in [0.5, 0.6) is 0 Å². The van der Waals surface area contributed by atoms with Crippen LogP contribution in [-0.2, 0) is 0 Å². The quantitative estimate of drug-likeness (QED) is 0.834. The van der Waals surface area contributed by atoms with Crippen molar-refractivity contribution in [1.29, 1.82) is 0 Å². The monoisotopic (exact) mass is 352 g/mol. The molecule has 1 aromatic rings. The van der Waals surface area contributed by atoms with Gasteiger partial charge in [0.25, 0.3) is 0 Å². The van der Waals surface area contributed by atoms with E-state index in [4.69, 9.17) is 11.6 Å². The van der Waals surface area contributed by atoms with Gasteiger partial charge in [0.15, 0.2) is 0 Å². The second-order valence-electron chi connectivity index (χ2n) is 5.83.